The molecular weight excluding hydrogens is 218 g/mol. The summed E-state index contributed by atoms with van der Waals surface area (Å²) in [6, 6.07) is -0.472. The quantitative estimate of drug-likeness (QED) is 0.639. The van der Waals surface area contributed by atoms with Gasteiger partial charge in [-0.2, -0.15) is 0 Å². The number of hydrogen-bond donors (Lipinski definition) is 2. The predicted molar refractivity (Wildman–Crippen MR) is 67.0 cm³/mol. The van der Waals surface area contributed by atoms with Crippen LogP contribution in [0.25, 0.3) is 0 Å². The Morgan fingerprint density at radius 1 is 1.24 bits per heavy atom. The van der Waals surface area contributed by atoms with Gasteiger partial charge >= 0.3 is 5.97 Å². The van der Waals surface area contributed by atoms with Gasteiger partial charge in [-0.15, -0.1) is 0 Å². The third-order valence-electron chi connectivity index (χ3n) is 3.47. The van der Waals surface area contributed by atoms with E-state index in [1.807, 2.05) is 4.90 Å². The van der Waals surface area contributed by atoms with Crippen LogP contribution < -0.4 is 0 Å². The molecule has 0 aromatic carbocycles. The number of likely N-dealkylation sites (tertiary alicyclic amines) is 1. The Bertz CT molecular complexity index is 233. The Kier molecular flexibility index (Phi) is 6.52. The number of carbonyl (C=O) groups is 1. The number of unbranched alkanes of at least 4 members (excludes halogenated alkanes) is 5. The molecule has 0 spiro atoms. The summed E-state index contributed by atoms with van der Waals surface area (Å²) < 4.78 is 0. The SMILES string of the molecule is CCCCCCCCN1C[C@H](O)C[C@H]1C(=O)O. The van der Waals surface area contributed by atoms with Gasteiger partial charge in [0.1, 0.15) is 6.04 Å². The molecule has 4 nitrogen and oxygen atoms in total. The van der Waals surface area contributed by atoms with Crippen molar-refractivity contribution < 1.29 is 15.0 Å². The van der Waals surface area contributed by atoms with Gasteiger partial charge in [0.15, 0.2) is 0 Å². The summed E-state index contributed by atoms with van der Waals surface area (Å²) in [5.74, 6) is -0.799. The third-order valence-corrected chi connectivity index (χ3v) is 3.47. The summed E-state index contributed by atoms with van der Waals surface area (Å²) in [5, 5.41) is 18.5. The summed E-state index contributed by atoms with van der Waals surface area (Å²) >= 11 is 0. The maximum Gasteiger partial charge on any atom is 0.321 e. The van der Waals surface area contributed by atoms with Crippen LogP contribution in [0.3, 0.4) is 0 Å². The van der Waals surface area contributed by atoms with E-state index in [0.717, 1.165) is 13.0 Å². The molecule has 1 aliphatic heterocycles. The lowest BCUT2D eigenvalue weighted by atomic mass is 10.1. The van der Waals surface area contributed by atoms with E-state index in [2.05, 4.69) is 6.92 Å². The lowest BCUT2D eigenvalue weighted by Gasteiger charge is -2.20. The van der Waals surface area contributed by atoms with Crippen LogP contribution in [0.4, 0.5) is 0 Å². The minimum Gasteiger partial charge on any atom is -0.480 e. The van der Waals surface area contributed by atoms with Gasteiger partial charge in [-0.3, -0.25) is 9.69 Å². The normalized spacial score (nSPS) is 25.3. The molecule has 2 atom stereocenters. The Labute approximate surface area is 104 Å². The number of aliphatic hydroxyl groups is 1. The van der Waals surface area contributed by atoms with Gasteiger partial charge < -0.3 is 10.2 Å². The van der Waals surface area contributed by atoms with Crippen LogP contribution >= 0.6 is 0 Å². The van der Waals surface area contributed by atoms with Crippen LogP contribution in [0.5, 0.6) is 0 Å². The largest absolute Gasteiger partial charge is 0.480 e. The van der Waals surface area contributed by atoms with Crippen LogP contribution in [0, 0.1) is 0 Å². The number of hydrogen-bond acceptors (Lipinski definition) is 3. The molecule has 0 radical (unpaired) electrons. The number of aliphatic carboxylic acids is 1. The van der Waals surface area contributed by atoms with Crippen LogP contribution in [0.15, 0.2) is 0 Å². The first-order valence-electron chi connectivity index (χ1n) is 6.80. The van der Waals surface area contributed by atoms with Crippen molar-refractivity contribution >= 4 is 5.97 Å². The molecule has 2 N–H and O–H groups in total. The van der Waals surface area contributed by atoms with Gasteiger partial charge in [0.25, 0.3) is 0 Å². The van der Waals surface area contributed by atoms with Crippen molar-refractivity contribution in [3.05, 3.63) is 0 Å². The van der Waals surface area contributed by atoms with Crippen molar-refractivity contribution in [3.8, 4) is 0 Å². The van der Waals surface area contributed by atoms with E-state index in [1.165, 1.54) is 32.1 Å². The molecule has 17 heavy (non-hydrogen) atoms. The Hall–Kier alpha value is -0.610. The first-order chi connectivity index (χ1) is 8.15. The molecule has 1 rings (SSSR count). The number of carboxylic acid groups (broad SMARTS) is 1. The highest BCUT2D eigenvalue weighted by molar-refractivity contribution is 5.74. The second-order valence-electron chi connectivity index (χ2n) is 5.01. The fourth-order valence-corrected chi connectivity index (χ4v) is 2.48. The second-order valence-corrected chi connectivity index (χ2v) is 5.01. The molecule has 0 unspecified atom stereocenters. The Morgan fingerprint density at radius 2 is 1.88 bits per heavy atom. The molecule has 4 heteroatoms. The van der Waals surface area contributed by atoms with E-state index < -0.39 is 18.1 Å². The topological polar surface area (TPSA) is 60.8 Å². The molecule has 1 aliphatic rings. The fourth-order valence-electron chi connectivity index (χ4n) is 2.48. The van der Waals surface area contributed by atoms with Crippen molar-refractivity contribution in [2.45, 2.75) is 64.0 Å². The van der Waals surface area contributed by atoms with Crippen LogP contribution in [0.2, 0.25) is 0 Å². The van der Waals surface area contributed by atoms with Crippen molar-refractivity contribution in [3.63, 3.8) is 0 Å². The number of nitrogens with zero attached hydrogens (tertiary/aromatic N) is 1. The highest BCUT2D eigenvalue weighted by Gasteiger charge is 2.35. The molecule has 0 amide bonds. The Morgan fingerprint density at radius 3 is 2.53 bits per heavy atom. The van der Waals surface area contributed by atoms with Crippen molar-refractivity contribution in [2.75, 3.05) is 13.1 Å². The van der Waals surface area contributed by atoms with Gasteiger partial charge in [-0.25, -0.2) is 0 Å². The highest BCUT2D eigenvalue weighted by atomic mass is 16.4. The molecule has 100 valence electrons. The van der Waals surface area contributed by atoms with E-state index in [0.29, 0.717) is 13.0 Å². The third kappa shape index (κ3) is 5.04. The number of β-amino-alcohol motifs (C(OH)–C–C–N with tert-alkyl or cyclic N) is 1. The standard InChI is InChI=1S/C13H25NO3/c1-2-3-4-5-6-7-8-14-10-11(15)9-12(14)13(16)17/h11-12,15H,2-10H2,1H3,(H,16,17)/t11-,12+/m1/s1. The molecule has 1 saturated heterocycles. The van der Waals surface area contributed by atoms with Crippen molar-refractivity contribution in [1.29, 1.82) is 0 Å². The zero-order valence-electron chi connectivity index (χ0n) is 10.8. The molecule has 0 aromatic rings. The summed E-state index contributed by atoms with van der Waals surface area (Å²) in [5.41, 5.74) is 0. The van der Waals surface area contributed by atoms with Crippen LogP contribution in [-0.4, -0.2) is 46.3 Å². The van der Waals surface area contributed by atoms with E-state index in [4.69, 9.17) is 5.11 Å². The van der Waals surface area contributed by atoms with Crippen molar-refractivity contribution in [2.24, 2.45) is 0 Å². The first kappa shape index (κ1) is 14.5. The average Bonchev–Trinajstić information content (AvgIpc) is 2.65. The first-order valence-corrected chi connectivity index (χ1v) is 6.80. The molecule has 0 saturated carbocycles. The van der Waals surface area contributed by atoms with Gasteiger partial charge in [0.05, 0.1) is 6.10 Å². The minimum atomic E-state index is -0.799. The van der Waals surface area contributed by atoms with Gasteiger partial charge in [-0.05, 0) is 13.0 Å². The number of carboxylic acids is 1. The number of aliphatic hydroxyl groups excluding tert-OH is 1. The summed E-state index contributed by atoms with van der Waals surface area (Å²) in [4.78, 5) is 12.9. The molecule has 0 aromatic heterocycles. The molecular formula is C13H25NO3. The molecule has 0 aliphatic carbocycles. The maximum atomic E-state index is 11.0. The fraction of sp³-hybridized carbons (Fsp3) is 0.923. The highest BCUT2D eigenvalue weighted by Crippen LogP contribution is 2.19. The predicted octanol–water partition coefficient (Wildman–Crippen LogP) is 1.87. The Balaban J connectivity index is 2.15. The zero-order chi connectivity index (χ0) is 12.7. The van der Waals surface area contributed by atoms with Crippen molar-refractivity contribution in [1.82, 2.24) is 4.90 Å². The smallest absolute Gasteiger partial charge is 0.321 e. The van der Waals surface area contributed by atoms with Gasteiger partial charge in [0.2, 0.25) is 0 Å². The van der Waals surface area contributed by atoms with Gasteiger partial charge in [-0.1, -0.05) is 39.0 Å². The summed E-state index contributed by atoms with van der Waals surface area (Å²) in [6.07, 6.45) is 7.18. The average molecular weight is 243 g/mol. The molecule has 1 fully saturated rings. The lowest BCUT2D eigenvalue weighted by molar-refractivity contribution is -0.142. The van der Waals surface area contributed by atoms with E-state index in [9.17, 15) is 9.90 Å². The number of rotatable bonds is 8. The van der Waals surface area contributed by atoms with Crippen LogP contribution in [-0.2, 0) is 4.79 Å². The van der Waals surface area contributed by atoms with E-state index in [-0.39, 0.29) is 0 Å². The van der Waals surface area contributed by atoms with E-state index in [1.54, 1.807) is 0 Å². The zero-order valence-corrected chi connectivity index (χ0v) is 10.8. The summed E-state index contributed by atoms with van der Waals surface area (Å²) in [6.45, 7) is 3.52. The van der Waals surface area contributed by atoms with Gasteiger partial charge in [0, 0.05) is 13.0 Å². The summed E-state index contributed by atoms with van der Waals surface area (Å²) in [7, 11) is 0. The molecule has 1 heterocycles. The maximum absolute atomic E-state index is 11.0. The minimum absolute atomic E-state index is 0.380. The molecule has 0 bridgehead atoms. The monoisotopic (exact) mass is 243 g/mol. The van der Waals surface area contributed by atoms with E-state index >= 15 is 0 Å². The second kappa shape index (κ2) is 7.67. The lowest BCUT2D eigenvalue weighted by Crippen LogP contribution is -2.36. The van der Waals surface area contributed by atoms with Crippen LogP contribution in [0.1, 0.15) is 51.9 Å².